The zero-order chi connectivity index (χ0) is 15.9. The molecule has 3 aromatic rings. The molecule has 0 amide bonds. The Hall–Kier alpha value is -1.87. The second-order valence-electron chi connectivity index (χ2n) is 4.51. The second-order valence-corrected chi connectivity index (χ2v) is 6.76. The lowest BCUT2D eigenvalue weighted by Crippen LogP contribution is -2.24. The summed E-state index contributed by atoms with van der Waals surface area (Å²) in [7, 11) is 0. The molecule has 1 aromatic carbocycles. The maximum atomic E-state index is 13.7. The summed E-state index contributed by atoms with van der Waals surface area (Å²) in [5.41, 5.74) is -0.0189. The van der Waals surface area contributed by atoms with Gasteiger partial charge in [-0.15, -0.1) is 0 Å². The molecule has 0 aliphatic heterocycles. The lowest BCUT2D eigenvalue weighted by molar-refractivity contribution is 0.541. The lowest BCUT2D eigenvalue weighted by atomic mass is 10.2. The van der Waals surface area contributed by atoms with Gasteiger partial charge in [0.05, 0.1) is 12.2 Å². The van der Waals surface area contributed by atoms with Crippen LogP contribution in [0.4, 0.5) is 8.78 Å². The van der Waals surface area contributed by atoms with Crippen molar-refractivity contribution >= 4 is 27.3 Å². The maximum Gasteiger partial charge on any atom is 0.351 e. The minimum Gasteiger partial charge on any atom is -0.276 e. The van der Waals surface area contributed by atoms with Gasteiger partial charge in [-0.05, 0) is 35.0 Å². The van der Waals surface area contributed by atoms with E-state index in [2.05, 4.69) is 26.0 Å². The number of hydrogen-bond donors (Lipinski definition) is 0. The highest BCUT2D eigenvalue weighted by Gasteiger charge is 2.16. The smallest absolute Gasteiger partial charge is 0.276 e. The molecule has 5 nitrogen and oxygen atoms in total. The first-order chi connectivity index (χ1) is 10.5. The fourth-order valence-electron chi connectivity index (χ4n) is 1.99. The summed E-state index contributed by atoms with van der Waals surface area (Å²) in [6, 6.07) is 3.58. The van der Waals surface area contributed by atoms with E-state index in [0.29, 0.717) is 14.6 Å². The highest BCUT2D eigenvalue weighted by Crippen LogP contribution is 2.24. The molecule has 0 unspecified atom stereocenters. The number of hydrogen-bond acceptors (Lipinski definition) is 4. The van der Waals surface area contributed by atoms with Gasteiger partial charge in [0.15, 0.2) is 3.92 Å². The molecule has 0 spiro atoms. The van der Waals surface area contributed by atoms with E-state index < -0.39 is 17.3 Å². The average Bonchev–Trinajstić information content (AvgIpc) is 2.97. The number of aryl methyl sites for hydroxylation is 1. The van der Waals surface area contributed by atoms with Crippen LogP contribution in [0.25, 0.3) is 5.00 Å². The van der Waals surface area contributed by atoms with Crippen LogP contribution >= 0.6 is 27.3 Å². The highest BCUT2D eigenvalue weighted by atomic mass is 79.9. The molecule has 0 aliphatic rings. The van der Waals surface area contributed by atoms with E-state index in [4.69, 9.17) is 0 Å². The van der Waals surface area contributed by atoms with Crippen molar-refractivity contribution in [2.75, 3.05) is 0 Å². The Morgan fingerprint density at radius 2 is 2.00 bits per heavy atom. The molecule has 0 saturated heterocycles. The van der Waals surface area contributed by atoms with E-state index in [9.17, 15) is 13.6 Å². The lowest BCUT2D eigenvalue weighted by Gasteiger charge is -2.04. The van der Waals surface area contributed by atoms with Gasteiger partial charge in [-0.1, -0.05) is 17.4 Å². The van der Waals surface area contributed by atoms with E-state index >= 15 is 0 Å². The predicted octanol–water partition coefficient (Wildman–Crippen LogP) is 2.89. The molecule has 9 heteroatoms. The van der Waals surface area contributed by atoms with E-state index in [0.717, 1.165) is 21.4 Å². The second kappa shape index (κ2) is 5.73. The summed E-state index contributed by atoms with van der Waals surface area (Å²) in [6.07, 6.45) is 1.25. The van der Waals surface area contributed by atoms with Crippen LogP contribution < -0.4 is 5.69 Å². The zero-order valence-electron chi connectivity index (χ0n) is 11.3. The molecule has 0 aliphatic carbocycles. The van der Waals surface area contributed by atoms with Gasteiger partial charge in [0.1, 0.15) is 23.0 Å². The molecule has 0 saturated carbocycles. The Morgan fingerprint density at radius 3 is 2.59 bits per heavy atom. The van der Waals surface area contributed by atoms with Gasteiger partial charge in [0.2, 0.25) is 0 Å². The zero-order valence-corrected chi connectivity index (χ0v) is 13.7. The Bertz CT molecular complexity index is 882. The van der Waals surface area contributed by atoms with Gasteiger partial charge < -0.3 is 0 Å². The summed E-state index contributed by atoms with van der Waals surface area (Å²) >= 11 is 4.49. The number of rotatable bonds is 3. The number of benzene rings is 1. The Morgan fingerprint density at radius 1 is 1.32 bits per heavy atom. The van der Waals surface area contributed by atoms with Crippen molar-refractivity contribution in [3.8, 4) is 5.00 Å². The monoisotopic (exact) mass is 386 g/mol. The Kier molecular flexibility index (Phi) is 3.92. The number of aromatic nitrogens is 4. The first-order valence-electron chi connectivity index (χ1n) is 6.18. The minimum absolute atomic E-state index is 0.175. The van der Waals surface area contributed by atoms with E-state index in [1.165, 1.54) is 23.7 Å². The average molecular weight is 387 g/mol. The highest BCUT2D eigenvalue weighted by molar-refractivity contribution is 9.11. The van der Waals surface area contributed by atoms with Gasteiger partial charge in [-0.3, -0.25) is 4.57 Å². The predicted molar refractivity (Wildman–Crippen MR) is 81.4 cm³/mol. The first-order valence-corrected chi connectivity index (χ1v) is 7.79. The van der Waals surface area contributed by atoms with E-state index in [1.807, 2.05) is 0 Å². The van der Waals surface area contributed by atoms with Gasteiger partial charge in [0, 0.05) is 5.56 Å². The third-order valence-corrected chi connectivity index (χ3v) is 4.65. The van der Waals surface area contributed by atoms with Crippen molar-refractivity contribution in [1.82, 2.24) is 19.3 Å². The van der Waals surface area contributed by atoms with Crippen LogP contribution in [-0.4, -0.2) is 19.3 Å². The molecule has 0 radical (unpaired) electrons. The van der Waals surface area contributed by atoms with Crippen LogP contribution in [0.1, 0.15) is 11.3 Å². The molecule has 0 atom stereocenters. The standard InChI is InChI=1S/C13H9BrF2N4OS/c1-7-11(22-12(14)18-7)20-13(21)19(6-17-20)5-8-9(15)3-2-4-10(8)16/h2-4,6H,5H2,1H3. The van der Waals surface area contributed by atoms with Gasteiger partial charge in [-0.25, -0.2) is 18.6 Å². The molecule has 3 rings (SSSR count). The normalized spacial score (nSPS) is 11.1. The van der Waals surface area contributed by atoms with Crippen LogP contribution in [-0.2, 0) is 6.54 Å². The molecule has 2 aromatic heterocycles. The minimum atomic E-state index is -0.698. The number of halogens is 3. The van der Waals surface area contributed by atoms with Crippen molar-refractivity contribution < 1.29 is 8.78 Å². The van der Waals surface area contributed by atoms with E-state index in [-0.39, 0.29) is 12.1 Å². The molecular formula is C13H9BrF2N4OS. The van der Waals surface area contributed by atoms with Crippen LogP contribution in [0.15, 0.2) is 33.2 Å². The maximum absolute atomic E-state index is 13.7. The molecule has 114 valence electrons. The SMILES string of the molecule is Cc1nc(Br)sc1-n1ncn(Cc2c(F)cccc2F)c1=O. The summed E-state index contributed by atoms with van der Waals surface area (Å²) < 4.78 is 30.3. The molecule has 22 heavy (non-hydrogen) atoms. The Balaban J connectivity index is 2.01. The summed E-state index contributed by atoms with van der Waals surface area (Å²) in [6.45, 7) is 1.52. The molecule has 0 fully saturated rings. The topological polar surface area (TPSA) is 52.7 Å². The molecule has 0 N–H and O–H groups in total. The fraction of sp³-hybridized carbons (Fsp3) is 0.154. The summed E-state index contributed by atoms with van der Waals surface area (Å²) in [5, 5.41) is 4.55. The first kappa shape index (κ1) is 15.0. The number of thiazole rings is 1. The Labute approximate surface area is 136 Å². The van der Waals surface area contributed by atoms with Crippen LogP contribution in [0.2, 0.25) is 0 Å². The van der Waals surface area contributed by atoms with E-state index in [1.54, 1.807) is 6.92 Å². The third-order valence-electron chi connectivity index (χ3n) is 3.06. The van der Waals surface area contributed by atoms with Crippen molar-refractivity contribution in [3.05, 3.63) is 61.8 Å². The molecular weight excluding hydrogens is 378 g/mol. The van der Waals surface area contributed by atoms with Crippen LogP contribution in [0.3, 0.4) is 0 Å². The van der Waals surface area contributed by atoms with Crippen molar-refractivity contribution in [2.45, 2.75) is 13.5 Å². The molecule has 0 bridgehead atoms. The van der Waals surface area contributed by atoms with Crippen molar-refractivity contribution in [3.63, 3.8) is 0 Å². The van der Waals surface area contributed by atoms with Crippen molar-refractivity contribution in [2.24, 2.45) is 0 Å². The molecule has 2 heterocycles. The van der Waals surface area contributed by atoms with Gasteiger partial charge >= 0.3 is 5.69 Å². The fourth-order valence-corrected chi connectivity index (χ4v) is 3.46. The third kappa shape index (κ3) is 2.61. The van der Waals surface area contributed by atoms with Crippen LogP contribution in [0, 0.1) is 18.6 Å². The quantitative estimate of drug-likeness (QED) is 0.695. The van der Waals surface area contributed by atoms with Gasteiger partial charge in [0.25, 0.3) is 0 Å². The number of nitrogens with zero attached hydrogens (tertiary/aromatic N) is 4. The van der Waals surface area contributed by atoms with Gasteiger partial charge in [-0.2, -0.15) is 9.78 Å². The summed E-state index contributed by atoms with van der Waals surface area (Å²) in [5.74, 6) is -1.40. The van der Waals surface area contributed by atoms with Crippen LogP contribution in [0.5, 0.6) is 0 Å². The largest absolute Gasteiger partial charge is 0.351 e. The summed E-state index contributed by atoms with van der Waals surface area (Å²) in [4.78, 5) is 16.5. The van der Waals surface area contributed by atoms with Crippen molar-refractivity contribution in [1.29, 1.82) is 0 Å².